The van der Waals surface area contributed by atoms with Gasteiger partial charge in [-0.15, -0.1) is 24.9 Å². The molecule has 0 radical (unpaired) electrons. The number of fused-ring (bicyclic) bond motifs is 1. The van der Waals surface area contributed by atoms with E-state index in [0.29, 0.717) is 26.1 Å². The molecule has 8 heteroatoms. The molecule has 202 valence electrons. The molecule has 2 amide bonds. The second-order valence-corrected chi connectivity index (χ2v) is 11.9. The third kappa shape index (κ3) is 5.85. The van der Waals surface area contributed by atoms with Gasteiger partial charge in [-0.3, -0.25) is 14.4 Å². The highest BCUT2D eigenvalue weighted by atomic mass is 32.2. The van der Waals surface area contributed by atoms with Crippen molar-refractivity contribution in [2.75, 3.05) is 32.8 Å². The van der Waals surface area contributed by atoms with E-state index in [2.05, 4.69) is 20.1 Å². The summed E-state index contributed by atoms with van der Waals surface area (Å²) in [5, 5.41) is 9.12. The Labute approximate surface area is 220 Å². The van der Waals surface area contributed by atoms with Crippen LogP contribution in [0.25, 0.3) is 0 Å². The van der Waals surface area contributed by atoms with Gasteiger partial charge in [0.05, 0.1) is 23.2 Å². The van der Waals surface area contributed by atoms with Gasteiger partial charge in [-0.1, -0.05) is 44.8 Å². The quantitative estimate of drug-likeness (QED) is 0.178. The zero-order valence-corrected chi connectivity index (χ0v) is 22.7. The molecule has 0 aliphatic carbocycles. The number of ether oxygens (including phenoxy) is 1. The van der Waals surface area contributed by atoms with Crippen molar-refractivity contribution in [3.8, 4) is 0 Å². The molecular formula is C28H44N2O5S. The third-order valence-electron chi connectivity index (χ3n) is 7.87. The summed E-state index contributed by atoms with van der Waals surface area (Å²) in [5.74, 6) is -1.39. The summed E-state index contributed by atoms with van der Waals surface area (Å²) in [6.07, 6.45) is 12.0. The van der Waals surface area contributed by atoms with Crippen LogP contribution in [0.4, 0.5) is 0 Å². The van der Waals surface area contributed by atoms with E-state index in [1.54, 1.807) is 28.8 Å². The number of unbranched alkanes of at least 4 members (excludes halogenated alkanes) is 5. The van der Waals surface area contributed by atoms with Crippen LogP contribution in [0.5, 0.6) is 0 Å². The zero-order valence-electron chi connectivity index (χ0n) is 21.9. The molecule has 0 aromatic rings. The number of thioether (sulfide) groups is 1. The lowest BCUT2D eigenvalue weighted by molar-refractivity contribution is -0.154. The maximum absolute atomic E-state index is 14.1. The zero-order chi connectivity index (χ0) is 26.1. The van der Waals surface area contributed by atoms with Gasteiger partial charge in [0.2, 0.25) is 11.8 Å². The number of carbonyl (C=O) groups is 3. The summed E-state index contributed by atoms with van der Waals surface area (Å²) in [4.78, 5) is 44.9. The Hall–Kier alpha value is -1.80. The van der Waals surface area contributed by atoms with Crippen molar-refractivity contribution in [2.24, 2.45) is 11.8 Å². The molecule has 3 aliphatic rings. The van der Waals surface area contributed by atoms with Crippen LogP contribution in [-0.2, 0) is 19.1 Å². The minimum Gasteiger partial charge on any atom is -0.465 e. The molecular weight excluding hydrogens is 476 g/mol. The smallest absolute Gasteiger partial charge is 0.310 e. The van der Waals surface area contributed by atoms with E-state index >= 15 is 0 Å². The molecule has 3 aliphatic heterocycles. The van der Waals surface area contributed by atoms with Crippen LogP contribution < -0.4 is 0 Å². The molecule has 3 rings (SSSR count). The predicted octanol–water partition coefficient (Wildman–Crippen LogP) is 3.95. The lowest BCUT2D eigenvalue weighted by Gasteiger charge is -2.37. The van der Waals surface area contributed by atoms with E-state index in [9.17, 15) is 14.4 Å². The maximum atomic E-state index is 14.1. The summed E-state index contributed by atoms with van der Waals surface area (Å²) >= 11 is 1.69. The number of esters is 1. The Morgan fingerprint density at radius 3 is 2.67 bits per heavy atom. The number of rotatable bonds is 17. The third-order valence-corrected chi connectivity index (χ3v) is 9.82. The molecule has 0 saturated carbocycles. The molecule has 1 N–H and O–H groups in total. The molecule has 3 heterocycles. The number of amides is 2. The van der Waals surface area contributed by atoms with Crippen molar-refractivity contribution >= 4 is 29.5 Å². The lowest BCUT2D eigenvalue weighted by atomic mass is 9.71. The van der Waals surface area contributed by atoms with Gasteiger partial charge in [0.1, 0.15) is 6.04 Å². The molecule has 0 aromatic carbocycles. The van der Waals surface area contributed by atoms with E-state index in [-0.39, 0.29) is 36.2 Å². The Bertz CT molecular complexity index is 805. The molecule has 1 spiro atoms. The highest BCUT2D eigenvalue weighted by Crippen LogP contribution is 2.66. The second-order valence-electron chi connectivity index (χ2n) is 10.3. The standard InChI is InChI=1S/C28H44N2O5S/c1-4-7-11-17-29(16-6-3)26(33)24-28-15-14-21(36-28)22(27(34)35-20-8-5-2)23(28)25(32)30(24)18-12-9-10-13-19-31/h5-6,21-24,31H,2-4,7-20H2,1H3/t21-,22+,23+,24?,28?/m1/s1. The fourth-order valence-corrected chi connectivity index (χ4v) is 8.40. The predicted molar refractivity (Wildman–Crippen MR) is 143 cm³/mol. The van der Waals surface area contributed by atoms with Gasteiger partial charge in [-0.25, -0.2) is 0 Å². The lowest BCUT2D eigenvalue weighted by Crippen LogP contribution is -2.55. The first-order valence-corrected chi connectivity index (χ1v) is 14.6. The fraction of sp³-hybridized carbons (Fsp3) is 0.750. The molecule has 5 atom stereocenters. The first-order valence-electron chi connectivity index (χ1n) is 13.7. The molecule has 3 fully saturated rings. The molecule has 3 saturated heterocycles. The Morgan fingerprint density at radius 1 is 1.19 bits per heavy atom. The fourth-order valence-electron chi connectivity index (χ4n) is 6.20. The topological polar surface area (TPSA) is 87.1 Å². The van der Waals surface area contributed by atoms with Crippen molar-refractivity contribution < 1.29 is 24.2 Å². The van der Waals surface area contributed by atoms with Gasteiger partial charge in [-0.05, 0) is 38.5 Å². The second kappa shape index (κ2) is 13.7. The number of carbonyl (C=O) groups excluding carboxylic acids is 3. The monoisotopic (exact) mass is 520 g/mol. The molecule has 36 heavy (non-hydrogen) atoms. The summed E-state index contributed by atoms with van der Waals surface area (Å²) in [6.45, 7) is 11.7. The van der Waals surface area contributed by atoms with Crippen LogP contribution in [-0.4, -0.2) is 81.6 Å². The molecule has 0 aromatic heterocycles. The van der Waals surface area contributed by atoms with Crippen LogP contribution in [0.15, 0.2) is 25.3 Å². The Morgan fingerprint density at radius 2 is 1.97 bits per heavy atom. The van der Waals surface area contributed by atoms with Crippen LogP contribution in [0.1, 0.15) is 71.1 Å². The number of aliphatic hydroxyl groups excluding tert-OH is 1. The van der Waals surface area contributed by atoms with Crippen LogP contribution in [0, 0.1) is 11.8 Å². The number of nitrogens with zero attached hydrogens (tertiary/aromatic N) is 2. The number of hydrogen-bond donors (Lipinski definition) is 1. The van der Waals surface area contributed by atoms with Gasteiger partial charge in [0.15, 0.2) is 0 Å². The SMILES string of the molecule is C=CCCOC(=O)[C@@H]1[C@H]2C(=O)N(CCCCCCO)C(C(=O)N(CC=C)CCCCC)C23CC[C@H]1S3. The van der Waals surface area contributed by atoms with Crippen molar-refractivity contribution in [3.63, 3.8) is 0 Å². The van der Waals surface area contributed by atoms with Crippen LogP contribution in [0.3, 0.4) is 0 Å². The molecule has 7 nitrogen and oxygen atoms in total. The van der Waals surface area contributed by atoms with Crippen LogP contribution >= 0.6 is 11.8 Å². The van der Waals surface area contributed by atoms with Crippen molar-refractivity contribution in [2.45, 2.75) is 87.2 Å². The Kier molecular flexibility index (Phi) is 10.9. The normalized spacial score (nSPS) is 28.3. The summed E-state index contributed by atoms with van der Waals surface area (Å²) < 4.78 is 4.98. The first kappa shape index (κ1) is 28.8. The number of hydrogen-bond acceptors (Lipinski definition) is 6. The molecule has 2 bridgehead atoms. The largest absolute Gasteiger partial charge is 0.465 e. The highest BCUT2D eigenvalue weighted by molar-refractivity contribution is 8.02. The highest BCUT2D eigenvalue weighted by Gasteiger charge is 2.74. The van der Waals surface area contributed by atoms with Gasteiger partial charge in [0.25, 0.3) is 0 Å². The van der Waals surface area contributed by atoms with Crippen molar-refractivity contribution in [3.05, 3.63) is 25.3 Å². The van der Waals surface area contributed by atoms with Gasteiger partial charge in [0, 0.05) is 31.5 Å². The minimum absolute atomic E-state index is 0.00830. The van der Waals surface area contributed by atoms with E-state index in [1.807, 2.05) is 4.90 Å². The summed E-state index contributed by atoms with van der Waals surface area (Å²) in [6, 6.07) is -0.560. The first-order chi connectivity index (χ1) is 17.5. The van der Waals surface area contributed by atoms with E-state index in [0.717, 1.165) is 57.8 Å². The van der Waals surface area contributed by atoms with Crippen LogP contribution in [0.2, 0.25) is 0 Å². The summed E-state index contributed by atoms with van der Waals surface area (Å²) in [5.41, 5.74) is 0. The molecule has 2 unspecified atom stereocenters. The van der Waals surface area contributed by atoms with E-state index in [4.69, 9.17) is 9.84 Å². The minimum atomic E-state index is -0.573. The van der Waals surface area contributed by atoms with Gasteiger partial charge < -0.3 is 19.6 Å². The van der Waals surface area contributed by atoms with E-state index < -0.39 is 22.6 Å². The average Bonchev–Trinajstić information content (AvgIpc) is 3.51. The van der Waals surface area contributed by atoms with Crippen molar-refractivity contribution in [1.29, 1.82) is 0 Å². The summed E-state index contributed by atoms with van der Waals surface area (Å²) in [7, 11) is 0. The Balaban J connectivity index is 1.87. The van der Waals surface area contributed by atoms with Gasteiger partial charge >= 0.3 is 5.97 Å². The van der Waals surface area contributed by atoms with E-state index in [1.165, 1.54) is 0 Å². The van der Waals surface area contributed by atoms with Gasteiger partial charge in [-0.2, -0.15) is 0 Å². The van der Waals surface area contributed by atoms with Crippen molar-refractivity contribution in [1.82, 2.24) is 9.80 Å². The maximum Gasteiger partial charge on any atom is 0.310 e. The number of aliphatic hydroxyl groups is 1. The average molecular weight is 521 g/mol. The number of likely N-dealkylation sites (tertiary alicyclic amines) is 1.